The van der Waals surface area contributed by atoms with Gasteiger partial charge in [-0.3, -0.25) is 9.59 Å². The summed E-state index contributed by atoms with van der Waals surface area (Å²) >= 11 is 0. The van der Waals surface area contributed by atoms with Crippen molar-refractivity contribution in [3.63, 3.8) is 0 Å². The van der Waals surface area contributed by atoms with E-state index in [0.29, 0.717) is 45.0 Å². The first-order valence-corrected chi connectivity index (χ1v) is 10.1. The van der Waals surface area contributed by atoms with Crippen LogP contribution in [0.4, 0.5) is 5.82 Å². The zero-order chi connectivity index (χ0) is 20.4. The first-order chi connectivity index (χ1) is 14.1. The third-order valence-corrected chi connectivity index (χ3v) is 5.69. The molecule has 0 atom stereocenters. The fourth-order valence-electron chi connectivity index (χ4n) is 3.95. The van der Waals surface area contributed by atoms with E-state index in [2.05, 4.69) is 4.98 Å². The highest BCUT2D eigenvalue weighted by atomic mass is 16.2. The SMILES string of the molecule is CCn1c(=O)c(N2CCN(C(=O)Cc3ccccc3C)CC2)nc2ccccc21. The summed E-state index contributed by atoms with van der Waals surface area (Å²) in [6.07, 6.45) is 0.420. The Balaban J connectivity index is 1.50. The number of fused-ring (bicyclic) bond motifs is 1. The molecule has 1 fully saturated rings. The number of nitrogens with zero attached hydrogens (tertiary/aromatic N) is 4. The van der Waals surface area contributed by atoms with Crippen LogP contribution in [0.1, 0.15) is 18.1 Å². The van der Waals surface area contributed by atoms with Crippen molar-refractivity contribution in [1.29, 1.82) is 0 Å². The molecule has 2 heterocycles. The quantitative estimate of drug-likeness (QED) is 0.687. The number of aromatic nitrogens is 2. The van der Waals surface area contributed by atoms with Gasteiger partial charge in [0.2, 0.25) is 5.91 Å². The van der Waals surface area contributed by atoms with Gasteiger partial charge in [-0.1, -0.05) is 36.4 Å². The van der Waals surface area contributed by atoms with E-state index in [1.165, 1.54) is 0 Å². The van der Waals surface area contributed by atoms with Crippen LogP contribution in [0.25, 0.3) is 11.0 Å². The molecule has 0 saturated carbocycles. The Hall–Kier alpha value is -3.15. The fourth-order valence-corrected chi connectivity index (χ4v) is 3.95. The average Bonchev–Trinajstić information content (AvgIpc) is 2.75. The molecule has 2 aromatic carbocycles. The van der Waals surface area contributed by atoms with E-state index in [9.17, 15) is 9.59 Å². The lowest BCUT2D eigenvalue weighted by atomic mass is 10.1. The van der Waals surface area contributed by atoms with Crippen molar-refractivity contribution in [2.24, 2.45) is 0 Å². The number of carbonyl (C=O) groups is 1. The molecule has 4 rings (SSSR count). The third kappa shape index (κ3) is 3.75. The van der Waals surface area contributed by atoms with E-state index in [-0.39, 0.29) is 11.5 Å². The first-order valence-electron chi connectivity index (χ1n) is 10.1. The first kappa shape index (κ1) is 19.2. The largest absolute Gasteiger partial charge is 0.348 e. The lowest BCUT2D eigenvalue weighted by Gasteiger charge is -2.35. The third-order valence-electron chi connectivity index (χ3n) is 5.69. The van der Waals surface area contributed by atoms with Gasteiger partial charge in [-0.25, -0.2) is 4.98 Å². The number of hydrogen-bond acceptors (Lipinski definition) is 4. The van der Waals surface area contributed by atoms with Gasteiger partial charge in [0.1, 0.15) is 0 Å². The zero-order valence-corrected chi connectivity index (χ0v) is 17.0. The molecule has 6 nitrogen and oxygen atoms in total. The Morgan fingerprint density at radius 2 is 1.69 bits per heavy atom. The van der Waals surface area contributed by atoms with E-state index in [1.54, 1.807) is 4.57 Å². The van der Waals surface area contributed by atoms with Gasteiger partial charge in [0, 0.05) is 32.7 Å². The lowest BCUT2D eigenvalue weighted by Crippen LogP contribution is -2.51. The molecule has 0 unspecified atom stereocenters. The molecule has 1 aliphatic rings. The Kier molecular flexibility index (Phi) is 5.34. The number of rotatable bonds is 4. The van der Waals surface area contributed by atoms with Crippen molar-refractivity contribution in [3.05, 3.63) is 70.0 Å². The molecule has 6 heteroatoms. The number of anilines is 1. The summed E-state index contributed by atoms with van der Waals surface area (Å²) in [6, 6.07) is 15.7. The molecule has 1 aliphatic heterocycles. The van der Waals surface area contributed by atoms with Crippen LogP contribution in [0.2, 0.25) is 0 Å². The van der Waals surface area contributed by atoms with Crippen LogP contribution in [-0.4, -0.2) is 46.5 Å². The maximum absolute atomic E-state index is 13.0. The minimum Gasteiger partial charge on any atom is -0.348 e. The monoisotopic (exact) mass is 390 g/mol. The fraction of sp³-hybridized carbons (Fsp3) is 0.348. The highest BCUT2D eigenvalue weighted by Gasteiger charge is 2.24. The number of benzene rings is 2. The Bertz CT molecular complexity index is 1100. The minimum absolute atomic E-state index is 0.0640. The summed E-state index contributed by atoms with van der Waals surface area (Å²) in [5, 5.41) is 0. The molecule has 29 heavy (non-hydrogen) atoms. The van der Waals surface area contributed by atoms with E-state index in [1.807, 2.05) is 72.2 Å². The van der Waals surface area contributed by atoms with Crippen LogP contribution in [0.15, 0.2) is 53.3 Å². The Morgan fingerprint density at radius 3 is 2.41 bits per heavy atom. The lowest BCUT2D eigenvalue weighted by molar-refractivity contribution is -0.130. The number of carbonyl (C=O) groups excluding carboxylic acids is 1. The van der Waals surface area contributed by atoms with Gasteiger partial charge in [0.05, 0.1) is 17.5 Å². The second-order valence-electron chi connectivity index (χ2n) is 7.44. The van der Waals surface area contributed by atoms with Crippen LogP contribution in [0.3, 0.4) is 0 Å². The summed E-state index contributed by atoms with van der Waals surface area (Å²) in [5.74, 6) is 0.618. The second kappa shape index (κ2) is 8.07. The van der Waals surface area contributed by atoms with Crippen LogP contribution in [0.5, 0.6) is 0 Å². The van der Waals surface area contributed by atoms with E-state index >= 15 is 0 Å². The highest BCUT2D eigenvalue weighted by molar-refractivity contribution is 5.79. The summed E-state index contributed by atoms with van der Waals surface area (Å²) in [4.78, 5) is 34.3. The summed E-state index contributed by atoms with van der Waals surface area (Å²) in [6.45, 7) is 7.04. The minimum atomic E-state index is -0.0640. The molecule has 0 N–H and O–H groups in total. The Morgan fingerprint density at radius 1 is 1.00 bits per heavy atom. The van der Waals surface area contributed by atoms with Crippen molar-refractivity contribution in [2.45, 2.75) is 26.8 Å². The van der Waals surface area contributed by atoms with Crippen molar-refractivity contribution in [2.75, 3.05) is 31.1 Å². The summed E-state index contributed by atoms with van der Waals surface area (Å²) < 4.78 is 1.77. The number of hydrogen-bond donors (Lipinski definition) is 0. The van der Waals surface area contributed by atoms with Crippen molar-refractivity contribution >= 4 is 22.8 Å². The summed E-state index contributed by atoms with van der Waals surface area (Å²) in [5.41, 5.74) is 3.82. The molecule has 0 spiro atoms. The smallest absolute Gasteiger partial charge is 0.293 e. The molecule has 0 aliphatic carbocycles. The van der Waals surface area contributed by atoms with Crippen molar-refractivity contribution in [3.8, 4) is 0 Å². The molecule has 150 valence electrons. The highest BCUT2D eigenvalue weighted by Crippen LogP contribution is 2.17. The topological polar surface area (TPSA) is 58.4 Å². The summed E-state index contributed by atoms with van der Waals surface area (Å²) in [7, 11) is 0. The van der Waals surface area contributed by atoms with Crippen LogP contribution in [0, 0.1) is 6.92 Å². The second-order valence-corrected chi connectivity index (χ2v) is 7.44. The maximum atomic E-state index is 13.0. The molecule has 1 amide bonds. The van der Waals surface area contributed by atoms with E-state index in [0.717, 1.165) is 22.2 Å². The zero-order valence-electron chi connectivity index (χ0n) is 17.0. The van der Waals surface area contributed by atoms with Crippen LogP contribution in [-0.2, 0) is 17.8 Å². The van der Waals surface area contributed by atoms with Gasteiger partial charge >= 0.3 is 0 Å². The van der Waals surface area contributed by atoms with Gasteiger partial charge in [0.15, 0.2) is 5.82 Å². The number of para-hydroxylation sites is 2. The van der Waals surface area contributed by atoms with Gasteiger partial charge in [-0.05, 0) is 37.1 Å². The molecular formula is C23H26N4O2. The van der Waals surface area contributed by atoms with Gasteiger partial charge in [0.25, 0.3) is 5.56 Å². The molecule has 0 radical (unpaired) electrons. The van der Waals surface area contributed by atoms with Gasteiger partial charge < -0.3 is 14.4 Å². The van der Waals surface area contributed by atoms with Gasteiger partial charge in [-0.2, -0.15) is 0 Å². The van der Waals surface area contributed by atoms with Crippen molar-refractivity contribution in [1.82, 2.24) is 14.5 Å². The molecular weight excluding hydrogens is 364 g/mol. The van der Waals surface area contributed by atoms with Crippen LogP contribution >= 0.6 is 0 Å². The molecule has 3 aromatic rings. The average molecular weight is 390 g/mol. The molecule has 1 saturated heterocycles. The predicted molar refractivity (Wildman–Crippen MR) is 115 cm³/mol. The molecule has 0 bridgehead atoms. The molecule has 1 aromatic heterocycles. The van der Waals surface area contributed by atoms with E-state index < -0.39 is 0 Å². The van der Waals surface area contributed by atoms with Gasteiger partial charge in [-0.15, -0.1) is 0 Å². The van der Waals surface area contributed by atoms with Crippen LogP contribution < -0.4 is 10.5 Å². The standard InChI is InChI=1S/C23H26N4O2/c1-3-27-20-11-7-6-10-19(20)24-22(23(27)29)26-14-12-25(13-15-26)21(28)16-18-9-5-4-8-17(18)2/h4-11H,3,12-16H2,1-2H3. The normalized spacial score (nSPS) is 14.4. The number of amides is 1. The number of aryl methyl sites for hydroxylation is 2. The number of piperazine rings is 1. The maximum Gasteiger partial charge on any atom is 0.293 e. The van der Waals surface area contributed by atoms with E-state index in [4.69, 9.17) is 0 Å². The predicted octanol–water partition coefficient (Wildman–Crippen LogP) is 2.62. The Labute approximate surface area is 170 Å². The van der Waals surface area contributed by atoms with Crippen molar-refractivity contribution < 1.29 is 4.79 Å².